The number of rotatable bonds is 5. The Morgan fingerprint density at radius 3 is 2.58 bits per heavy atom. The highest BCUT2D eigenvalue weighted by atomic mass is 32.2. The molecule has 0 fully saturated rings. The molecule has 0 aliphatic rings. The molecule has 0 amide bonds. The van der Waals surface area contributed by atoms with Gasteiger partial charge in [-0.25, -0.2) is 8.42 Å². The van der Waals surface area contributed by atoms with E-state index in [2.05, 4.69) is 0 Å². The van der Waals surface area contributed by atoms with Crippen LogP contribution in [0.1, 0.15) is 18.1 Å². The lowest BCUT2D eigenvalue weighted by atomic mass is 10.1. The molecule has 1 aromatic carbocycles. The van der Waals surface area contributed by atoms with Gasteiger partial charge in [0.15, 0.2) is 0 Å². The quantitative estimate of drug-likeness (QED) is 0.821. The molecule has 0 bridgehead atoms. The number of aryl methyl sites for hydroxylation is 1. The zero-order valence-corrected chi connectivity index (χ0v) is 12.4. The van der Waals surface area contributed by atoms with Crippen molar-refractivity contribution >= 4 is 10.0 Å². The summed E-state index contributed by atoms with van der Waals surface area (Å²) in [6, 6.07) is 6.26. The summed E-state index contributed by atoms with van der Waals surface area (Å²) in [5, 5.41) is 8.85. The minimum atomic E-state index is -3.56. The number of sulfonamides is 1. The van der Waals surface area contributed by atoms with Gasteiger partial charge in [0.2, 0.25) is 10.0 Å². The van der Waals surface area contributed by atoms with Gasteiger partial charge < -0.3 is 4.74 Å². The van der Waals surface area contributed by atoms with Crippen LogP contribution in [-0.2, 0) is 14.8 Å². The van der Waals surface area contributed by atoms with Crippen LogP contribution >= 0.6 is 0 Å². The van der Waals surface area contributed by atoms with E-state index < -0.39 is 10.0 Å². The van der Waals surface area contributed by atoms with E-state index in [-0.39, 0.29) is 10.9 Å². The Hall–Kier alpha value is -1.42. The Bertz CT molecular complexity index is 590. The number of likely N-dealkylation sites (N-methyl/N-ethyl adjacent to an activating group) is 1. The molecule has 19 heavy (non-hydrogen) atoms. The maximum absolute atomic E-state index is 12.4. The number of hydrogen-bond acceptors (Lipinski definition) is 4. The first kappa shape index (κ1) is 15.6. The molecule has 1 aromatic rings. The highest BCUT2D eigenvalue weighted by molar-refractivity contribution is 7.89. The van der Waals surface area contributed by atoms with Crippen molar-refractivity contribution in [3.05, 3.63) is 29.3 Å². The van der Waals surface area contributed by atoms with Gasteiger partial charge in [0, 0.05) is 20.2 Å². The first-order valence-electron chi connectivity index (χ1n) is 5.82. The Balaban J connectivity index is 3.14. The lowest BCUT2D eigenvalue weighted by Crippen LogP contribution is -2.37. The fraction of sp³-hybridized carbons (Fsp3) is 0.462. The summed E-state index contributed by atoms with van der Waals surface area (Å²) in [5.74, 6) is 0. The average molecular weight is 282 g/mol. The van der Waals surface area contributed by atoms with Crippen LogP contribution in [-0.4, -0.2) is 39.5 Å². The molecule has 0 aliphatic heterocycles. The minimum absolute atomic E-state index is 0.189. The third kappa shape index (κ3) is 3.32. The third-order valence-electron chi connectivity index (χ3n) is 3.02. The smallest absolute Gasteiger partial charge is 0.243 e. The zero-order chi connectivity index (χ0) is 14.6. The molecule has 1 unspecified atom stereocenters. The lowest BCUT2D eigenvalue weighted by Gasteiger charge is -2.23. The second-order valence-corrected chi connectivity index (χ2v) is 6.41. The van der Waals surface area contributed by atoms with Crippen LogP contribution in [0.4, 0.5) is 0 Å². The average Bonchev–Trinajstić information content (AvgIpc) is 2.37. The van der Waals surface area contributed by atoms with E-state index in [9.17, 15) is 8.42 Å². The standard InChI is InChI=1S/C13H18N2O3S/c1-10-7-13(6-5-12(10)8-14)19(16,17)15(3)11(2)9-18-4/h5-7,11H,9H2,1-4H3. The molecular formula is C13H18N2O3S. The van der Waals surface area contributed by atoms with Crippen LogP contribution in [0.5, 0.6) is 0 Å². The highest BCUT2D eigenvalue weighted by Crippen LogP contribution is 2.19. The van der Waals surface area contributed by atoms with Crippen LogP contribution in [0.3, 0.4) is 0 Å². The van der Waals surface area contributed by atoms with Crippen molar-refractivity contribution in [1.29, 1.82) is 5.26 Å². The van der Waals surface area contributed by atoms with E-state index in [0.717, 1.165) is 0 Å². The SMILES string of the molecule is COCC(C)N(C)S(=O)(=O)c1ccc(C#N)c(C)c1. The number of methoxy groups -OCH3 is 1. The number of ether oxygens (including phenoxy) is 1. The van der Waals surface area contributed by atoms with Crippen molar-refractivity contribution in [1.82, 2.24) is 4.31 Å². The number of benzene rings is 1. The first-order chi connectivity index (χ1) is 8.84. The fourth-order valence-corrected chi connectivity index (χ4v) is 3.10. The fourth-order valence-electron chi connectivity index (χ4n) is 1.67. The summed E-state index contributed by atoms with van der Waals surface area (Å²) in [6.07, 6.45) is 0. The van der Waals surface area contributed by atoms with E-state index >= 15 is 0 Å². The lowest BCUT2D eigenvalue weighted by molar-refractivity contribution is 0.149. The minimum Gasteiger partial charge on any atom is -0.383 e. The zero-order valence-electron chi connectivity index (χ0n) is 11.5. The van der Waals surface area contributed by atoms with E-state index in [1.807, 2.05) is 6.07 Å². The molecule has 1 atom stereocenters. The molecule has 0 saturated carbocycles. The first-order valence-corrected chi connectivity index (χ1v) is 7.26. The van der Waals surface area contributed by atoms with Gasteiger partial charge in [-0.15, -0.1) is 0 Å². The molecule has 5 nitrogen and oxygen atoms in total. The van der Waals surface area contributed by atoms with Crippen LogP contribution in [0.2, 0.25) is 0 Å². The molecule has 104 valence electrons. The Morgan fingerprint density at radius 2 is 2.11 bits per heavy atom. The summed E-state index contributed by atoms with van der Waals surface area (Å²) in [4.78, 5) is 0.189. The molecular weight excluding hydrogens is 264 g/mol. The van der Waals surface area contributed by atoms with Gasteiger partial charge in [-0.1, -0.05) is 0 Å². The van der Waals surface area contributed by atoms with Crippen molar-refractivity contribution in [3.8, 4) is 6.07 Å². The van der Waals surface area contributed by atoms with E-state index in [4.69, 9.17) is 10.00 Å². The highest BCUT2D eigenvalue weighted by Gasteiger charge is 2.25. The largest absolute Gasteiger partial charge is 0.383 e. The van der Waals surface area contributed by atoms with Crippen LogP contribution in [0.25, 0.3) is 0 Å². The monoisotopic (exact) mass is 282 g/mol. The summed E-state index contributed by atoms with van der Waals surface area (Å²) < 4.78 is 31.0. The molecule has 0 radical (unpaired) electrons. The van der Waals surface area contributed by atoms with Crippen LogP contribution in [0.15, 0.2) is 23.1 Å². The number of nitriles is 1. The second-order valence-electron chi connectivity index (χ2n) is 4.41. The van der Waals surface area contributed by atoms with Crippen molar-refractivity contribution in [2.45, 2.75) is 24.8 Å². The van der Waals surface area contributed by atoms with E-state index in [1.165, 1.54) is 36.7 Å². The van der Waals surface area contributed by atoms with Gasteiger partial charge in [-0.3, -0.25) is 0 Å². The van der Waals surface area contributed by atoms with E-state index in [1.54, 1.807) is 13.8 Å². The van der Waals surface area contributed by atoms with Gasteiger partial charge in [0.1, 0.15) is 0 Å². The van der Waals surface area contributed by atoms with Gasteiger partial charge in [-0.2, -0.15) is 9.57 Å². The summed E-state index contributed by atoms with van der Waals surface area (Å²) in [6.45, 7) is 3.82. The maximum Gasteiger partial charge on any atom is 0.243 e. The van der Waals surface area contributed by atoms with E-state index in [0.29, 0.717) is 17.7 Å². The molecule has 0 aromatic heterocycles. The van der Waals surface area contributed by atoms with Crippen molar-refractivity contribution < 1.29 is 13.2 Å². The molecule has 0 aliphatic carbocycles. The molecule has 0 spiro atoms. The van der Waals surface area contributed by atoms with Gasteiger partial charge in [0.05, 0.1) is 23.1 Å². The Kier molecular flexibility index (Phi) is 5.06. The van der Waals surface area contributed by atoms with Gasteiger partial charge in [0.25, 0.3) is 0 Å². The third-order valence-corrected chi connectivity index (χ3v) is 4.99. The normalized spacial score (nSPS) is 13.3. The molecule has 0 N–H and O–H groups in total. The van der Waals surface area contributed by atoms with Crippen molar-refractivity contribution in [3.63, 3.8) is 0 Å². The summed E-state index contributed by atoms with van der Waals surface area (Å²) in [7, 11) is -0.513. The van der Waals surface area contributed by atoms with Crippen molar-refractivity contribution in [2.75, 3.05) is 20.8 Å². The molecule has 1 rings (SSSR count). The predicted octanol–water partition coefficient (Wildman–Crippen LogP) is 1.52. The Labute approximate surface area is 114 Å². The van der Waals surface area contributed by atoms with Crippen LogP contribution < -0.4 is 0 Å². The topological polar surface area (TPSA) is 70.4 Å². The molecule has 0 heterocycles. The Morgan fingerprint density at radius 1 is 1.47 bits per heavy atom. The predicted molar refractivity (Wildman–Crippen MR) is 72.2 cm³/mol. The van der Waals surface area contributed by atoms with Gasteiger partial charge >= 0.3 is 0 Å². The van der Waals surface area contributed by atoms with Crippen molar-refractivity contribution in [2.24, 2.45) is 0 Å². The van der Waals surface area contributed by atoms with Crippen LogP contribution in [0, 0.1) is 18.3 Å². The number of nitrogens with zero attached hydrogens (tertiary/aromatic N) is 2. The summed E-state index contributed by atoms with van der Waals surface area (Å²) >= 11 is 0. The number of hydrogen-bond donors (Lipinski definition) is 0. The summed E-state index contributed by atoms with van der Waals surface area (Å²) in [5.41, 5.74) is 1.13. The molecule has 6 heteroatoms. The molecule has 0 saturated heterocycles. The second kappa shape index (κ2) is 6.15. The van der Waals surface area contributed by atoms with Gasteiger partial charge in [-0.05, 0) is 37.6 Å². The maximum atomic E-state index is 12.4.